The van der Waals surface area contributed by atoms with Gasteiger partial charge in [0.25, 0.3) is 0 Å². The van der Waals surface area contributed by atoms with E-state index in [1.54, 1.807) is 17.5 Å². The molecule has 1 fully saturated rings. The second kappa shape index (κ2) is 4.42. The van der Waals surface area contributed by atoms with Crippen molar-refractivity contribution in [2.45, 2.75) is 12.8 Å². The zero-order valence-electron chi connectivity index (χ0n) is 10.6. The highest BCUT2D eigenvalue weighted by atomic mass is 32.1. The first-order valence-corrected chi connectivity index (χ1v) is 7.33. The lowest BCUT2D eigenvalue weighted by Gasteiger charge is -2.02. The number of nitrogens with one attached hydrogen (secondary N) is 2. The predicted molar refractivity (Wildman–Crippen MR) is 78.6 cm³/mol. The first-order valence-electron chi connectivity index (χ1n) is 6.51. The number of fused-ring (bicyclic) bond motifs is 1. The molecule has 1 aliphatic rings. The van der Waals surface area contributed by atoms with Crippen LogP contribution in [0, 0.1) is 5.92 Å². The largest absolute Gasteiger partial charge is 0.323 e. The lowest BCUT2D eigenvalue weighted by atomic mass is 10.3. The third-order valence-corrected chi connectivity index (χ3v) is 4.41. The summed E-state index contributed by atoms with van der Waals surface area (Å²) in [5.41, 5.74) is 2.45. The fraction of sp³-hybridized carbons (Fsp3) is 0.214. The number of anilines is 1. The van der Waals surface area contributed by atoms with Gasteiger partial charge in [0.2, 0.25) is 5.91 Å². The molecule has 0 aliphatic heterocycles. The van der Waals surface area contributed by atoms with Crippen LogP contribution in [0.1, 0.15) is 12.8 Å². The molecule has 3 aromatic rings. The van der Waals surface area contributed by atoms with Gasteiger partial charge in [0.1, 0.15) is 10.7 Å². The molecular formula is C14H12N4OS. The molecule has 20 heavy (non-hydrogen) atoms. The van der Waals surface area contributed by atoms with Crippen LogP contribution >= 0.6 is 11.3 Å². The van der Waals surface area contributed by atoms with Crippen molar-refractivity contribution in [3.05, 3.63) is 30.5 Å². The van der Waals surface area contributed by atoms with Crippen molar-refractivity contribution in [1.29, 1.82) is 0 Å². The van der Waals surface area contributed by atoms with Crippen LogP contribution in [0.4, 0.5) is 5.69 Å². The highest BCUT2D eigenvalue weighted by Crippen LogP contribution is 2.35. The summed E-state index contributed by atoms with van der Waals surface area (Å²) in [5.74, 6) is 0.252. The minimum Gasteiger partial charge on any atom is -0.323 e. The number of H-pyrrole nitrogens is 1. The van der Waals surface area contributed by atoms with E-state index in [0.29, 0.717) is 5.69 Å². The van der Waals surface area contributed by atoms with Gasteiger partial charge in [-0.05, 0) is 25.0 Å². The Morgan fingerprint density at radius 2 is 2.20 bits per heavy atom. The SMILES string of the molecule is O=C(Nc1cn[nH]c1-c1nc2ccccc2s1)C1CC1. The number of para-hydroxylation sites is 1. The lowest BCUT2D eigenvalue weighted by Crippen LogP contribution is -2.13. The molecule has 1 amide bonds. The number of carbonyl (C=O) groups excluding carboxylic acids is 1. The Morgan fingerprint density at radius 1 is 1.35 bits per heavy atom. The maximum atomic E-state index is 11.9. The lowest BCUT2D eigenvalue weighted by molar-refractivity contribution is -0.117. The predicted octanol–water partition coefficient (Wildman–Crippen LogP) is 3.03. The smallest absolute Gasteiger partial charge is 0.227 e. The van der Waals surface area contributed by atoms with Gasteiger partial charge in [0.05, 0.1) is 22.1 Å². The summed E-state index contributed by atoms with van der Waals surface area (Å²) in [7, 11) is 0. The molecule has 0 bridgehead atoms. The van der Waals surface area contributed by atoms with Crippen LogP contribution in [0.3, 0.4) is 0 Å². The van der Waals surface area contributed by atoms with Crippen LogP contribution in [0.2, 0.25) is 0 Å². The molecule has 0 saturated heterocycles. The number of benzene rings is 1. The molecule has 6 heteroatoms. The number of aromatic amines is 1. The van der Waals surface area contributed by atoms with Crippen molar-refractivity contribution in [1.82, 2.24) is 15.2 Å². The summed E-state index contributed by atoms with van der Waals surface area (Å²) >= 11 is 1.59. The number of thiazole rings is 1. The van der Waals surface area contributed by atoms with E-state index in [1.165, 1.54) is 0 Å². The number of amides is 1. The number of aromatic nitrogens is 3. The molecule has 1 saturated carbocycles. The van der Waals surface area contributed by atoms with E-state index < -0.39 is 0 Å². The van der Waals surface area contributed by atoms with Gasteiger partial charge in [-0.15, -0.1) is 11.3 Å². The third-order valence-electron chi connectivity index (χ3n) is 3.35. The molecule has 1 aromatic carbocycles. The number of carbonyl (C=O) groups is 1. The van der Waals surface area contributed by atoms with Gasteiger partial charge in [-0.25, -0.2) is 4.98 Å². The molecule has 0 radical (unpaired) electrons. The first-order chi connectivity index (χ1) is 9.81. The standard InChI is InChI=1S/C14H12N4OS/c19-13(8-5-6-8)16-10-7-15-18-12(10)14-17-9-3-1-2-4-11(9)20-14/h1-4,7-8H,5-6H2,(H,15,18)(H,16,19). The van der Waals surface area contributed by atoms with E-state index >= 15 is 0 Å². The van der Waals surface area contributed by atoms with Crippen LogP contribution in [-0.2, 0) is 4.79 Å². The summed E-state index contributed by atoms with van der Waals surface area (Å²) in [4.78, 5) is 16.4. The summed E-state index contributed by atoms with van der Waals surface area (Å²) in [6, 6.07) is 7.98. The average molecular weight is 284 g/mol. The van der Waals surface area contributed by atoms with E-state index in [1.807, 2.05) is 24.3 Å². The molecule has 0 unspecified atom stereocenters. The van der Waals surface area contributed by atoms with E-state index in [2.05, 4.69) is 20.5 Å². The topological polar surface area (TPSA) is 70.7 Å². The second-order valence-electron chi connectivity index (χ2n) is 4.91. The van der Waals surface area contributed by atoms with Gasteiger partial charge in [-0.2, -0.15) is 5.10 Å². The summed E-state index contributed by atoms with van der Waals surface area (Å²) < 4.78 is 1.12. The average Bonchev–Trinajstić information content (AvgIpc) is 3.07. The van der Waals surface area contributed by atoms with Crippen molar-refractivity contribution in [3.8, 4) is 10.7 Å². The maximum Gasteiger partial charge on any atom is 0.227 e. The molecule has 2 N–H and O–H groups in total. The zero-order chi connectivity index (χ0) is 13.5. The van der Waals surface area contributed by atoms with Crippen LogP contribution in [0.25, 0.3) is 20.9 Å². The van der Waals surface area contributed by atoms with Crippen molar-refractivity contribution in [2.75, 3.05) is 5.32 Å². The molecule has 1 aliphatic carbocycles. The first kappa shape index (κ1) is 11.6. The Bertz CT molecular complexity index is 754. The number of nitrogens with zero attached hydrogens (tertiary/aromatic N) is 2. The minimum absolute atomic E-state index is 0.0776. The van der Waals surface area contributed by atoms with Crippen LogP contribution in [0.15, 0.2) is 30.5 Å². The quantitative estimate of drug-likeness (QED) is 0.776. The molecule has 100 valence electrons. The van der Waals surface area contributed by atoms with Crippen molar-refractivity contribution in [2.24, 2.45) is 5.92 Å². The van der Waals surface area contributed by atoms with Crippen LogP contribution in [-0.4, -0.2) is 21.1 Å². The Labute approximate surface area is 119 Å². The van der Waals surface area contributed by atoms with Crippen molar-refractivity contribution in [3.63, 3.8) is 0 Å². The van der Waals surface area contributed by atoms with Crippen molar-refractivity contribution >= 4 is 33.1 Å². The summed E-state index contributed by atoms with van der Waals surface area (Å²) in [5, 5.41) is 10.7. The Balaban J connectivity index is 1.70. The molecular weight excluding hydrogens is 272 g/mol. The fourth-order valence-electron chi connectivity index (χ4n) is 2.10. The zero-order valence-corrected chi connectivity index (χ0v) is 11.4. The fourth-order valence-corrected chi connectivity index (χ4v) is 3.08. The third kappa shape index (κ3) is 1.98. The second-order valence-corrected chi connectivity index (χ2v) is 5.94. The highest BCUT2D eigenvalue weighted by Gasteiger charge is 2.30. The highest BCUT2D eigenvalue weighted by molar-refractivity contribution is 7.21. The van der Waals surface area contributed by atoms with E-state index in [9.17, 15) is 4.79 Å². The van der Waals surface area contributed by atoms with Crippen LogP contribution < -0.4 is 5.32 Å². The number of hydrogen-bond donors (Lipinski definition) is 2. The summed E-state index contributed by atoms with van der Waals surface area (Å²) in [6.45, 7) is 0. The Morgan fingerprint density at radius 3 is 3.00 bits per heavy atom. The van der Waals surface area contributed by atoms with Crippen LogP contribution in [0.5, 0.6) is 0 Å². The normalized spacial score (nSPS) is 14.6. The van der Waals surface area contributed by atoms with Gasteiger partial charge >= 0.3 is 0 Å². The molecule has 2 heterocycles. The molecule has 0 spiro atoms. The number of rotatable bonds is 3. The molecule has 5 nitrogen and oxygen atoms in total. The molecule has 0 atom stereocenters. The minimum atomic E-state index is 0.0776. The van der Waals surface area contributed by atoms with E-state index in [4.69, 9.17) is 0 Å². The maximum absolute atomic E-state index is 11.9. The number of hydrogen-bond acceptors (Lipinski definition) is 4. The van der Waals surface area contributed by atoms with Gasteiger partial charge in [-0.1, -0.05) is 12.1 Å². The monoisotopic (exact) mass is 284 g/mol. The van der Waals surface area contributed by atoms with E-state index in [-0.39, 0.29) is 11.8 Å². The van der Waals surface area contributed by atoms with Gasteiger partial charge in [-0.3, -0.25) is 9.89 Å². The van der Waals surface area contributed by atoms with Crippen molar-refractivity contribution < 1.29 is 4.79 Å². The Kier molecular flexibility index (Phi) is 2.56. The van der Waals surface area contributed by atoms with Gasteiger partial charge in [0.15, 0.2) is 0 Å². The van der Waals surface area contributed by atoms with Gasteiger partial charge in [0, 0.05) is 5.92 Å². The molecule has 2 aromatic heterocycles. The van der Waals surface area contributed by atoms with E-state index in [0.717, 1.165) is 33.8 Å². The Hall–Kier alpha value is -2.21. The summed E-state index contributed by atoms with van der Waals surface area (Å²) in [6.07, 6.45) is 3.61. The molecule has 4 rings (SSSR count). The van der Waals surface area contributed by atoms with Gasteiger partial charge < -0.3 is 5.32 Å².